The van der Waals surface area contributed by atoms with Gasteiger partial charge in [-0.15, -0.1) is 0 Å². The number of nitrogen functional groups attached to an aromatic ring is 1. The zero-order valence-corrected chi connectivity index (χ0v) is 11.5. The molecule has 21 heavy (non-hydrogen) atoms. The van der Waals surface area contributed by atoms with Crippen molar-refractivity contribution in [2.45, 2.75) is 13.3 Å². The van der Waals surface area contributed by atoms with Crippen molar-refractivity contribution in [1.82, 2.24) is 0 Å². The largest absolute Gasteiger partial charge is 0.398 e. The smallest absolute Gasteiger partial charge is 0.263 e. The SMILES string of the molecule is Cc1ccc(Nc2cccc(C(F)F)c2)cc1N.NC=O. The van der Waals surface area contributed by atoms with Gasteiger partial charge in [-0.2, -0.15) is 0 Å². The van der Waals surface area contributed by atoms with E-state index in [1.807, 2.05) is 19.1 Å². The molecule has 6 heteroatoms. The molecule has 0 aliphatic rings. The summed E-state index contributed by atoms with van der Waals surface area (Å²) in [6, 6.07) is 11.7. The molecule has 0 saturated heterocycles. The monoisotopic (exact) mass is 293 g/mol. The third-order valence-electron chi connectivity index (χ3n) is 2.71. The Morgan fingerprint density at radius 1 is 1.14 bits per heavy atom. The number of carbonyl (C=O) groups is 1. The molecule has 0 radical (unpaired) electrons. The average molecular weight is 293 g/mol. The van der Waals surface area contributed by atoms with Crippen molar-refractivity contribution in [3.8, 4) is 0 Å². The number of halogens is 2. The lowest BCUT2D eigenvalue weighted by atomic mass is 10.1. The molecule has 1 amide bonds. The van der Waals surface area contributed by atoms with E-state index >= 15 is 0 Å². The molecular weight excluding hydrogens is 276 g/mol. The highest BCUT2D eigenvalue weighted by molar-refractivity contribution is 5.65. The van der Waals surface area contributed by atoms with E-state index in [0.717, 1.165) is 11.3 Å². The van der Waals surface area contributed by atoms with Crippen molar-refractivity contribution < 1.29 is 13.6 Å². The molecule has 0 bridgehead atoms. The van der Waals surface area contributed by atoms with E-state index in [1.54, 1.807) is 18.2 Å². The van der Waals surface area contributed by atoms with Crippen LogP contribution in [0, 0.1) is 6.92 Å². The van der Waals surface area contributed by atoms with Crippen LogP contribution in [0.1, 0.15) is 17.6 Å². The van der Waals surface area contributed by atoms with E-state index in [4.69, 9.17) is 10.5 Å². The standard InChI is InChI=1S/C14H14F2N2.CH3NO/c1-9-5-6-12(8-13(9)17)18-11-4-2-3-10(7-11)14(15)16;2-1-3/h2-8,14,18H,17H2,1H3;1H,(H2,2,3). The Kier molecular flexibility index (Phi) is 6.13. The van der Waals surface area contributed by atoms with Gasteiger partial charge in [-0.05, 0) is 36.8 Å². The molecule has 0 fully saturated rings. The summed E-state index contributed by atoms with van der Waals surface area (Å²) >= 11 is 0. The van der Waals surface area contributed by atoms with Gasteiger partial charge in [0.1, 0.15) is 0 Å². The third kappa shape index (κ3) is 5.10. The number of nitrogens with one attached hydrogen (secondary N) is 1. The number of nitrogens with two attached hydrogens (primary N) is 2. The minimum absolute atomic E-state index is 0.0000774. The van der Waals surface area contributed by atoms with Gasteiger partial charge in [0.15, 0.2) is 0 Å². The summed E-state index contributed by atoms with van der Waals surface area (Å²) in [5.41, 5.74) is 13.0. The minimum atomic E-state index is -2.46. The lowest BCUT2D eigenvalue weighted by Gasteiger charge is -2.10. The summed E-state index contributed by atoms with van der Waals surface area (Å²) in [5, 5.41) is 3.05. The number of benzene rings is 2. The molecule has 0 spiro atoms. The number of amides is 1. The maximum atomic E-state index is 12.6. The molecule has 112 valence electrons. The number of anilines is 3. The van der Waals surface area contributed by atoms with Crippen LogP contribution in [-0.4, -0.2) is 6.41 Å². The molecule has 0 aliphatic heterocycles. The number of rotatable bonds is 3. The van der Waals surface area contributed by atoms with Gasteiger partial charge in [-0.25, -0.2) is 8.78 Å². The Morgan fingerprint density at radius 3 is 2.33 bits per heavy atom. The fourth-order valence-electron chi connectivity index (χ4n) is 1.64. The van der Waals surface area contributed by atoms with Gasteiger partial charge in [0.05, 0.1) is 0 Å². The molecule has 5 N–H and O–H groups in total. The first-order chi connectivity index (χ1) is 9.97. The third-order valence-corrected chi connectivity index (χ3v) is 2.71. The van der Waals surface area contributed by atoms with Gasteiger partial charge < -0.3 is 16.8 Å². The number of aryl methyl sites for hydroxylation is 1. The molecule has 0 aromatic heterocycles. The second kappa shape index (κ2) is 7.84. The van der Waals surface area contributed by atoms with Gasteiger partial charge in [-0.1, -0.05) is 18.2 Å². The summed E-state index contributed by atoms with van der Waals surface area (Å²) in [4.78, 5) is 8.58. The molecule has 0 atom stereocenters. The summed E-state index contributed by atoms with van der Waals surface area (Å²) < 4.78 is 25.1. The van der Waals surface area contributed by atoms with Gasteiger partial charge in [-0.3, -0.25) is 4.79 Å². The lowest BCUT2D eigenvalue weighted by molar-refractivity contribution is -0.106. The van der Waals surface area contributed by atoms with Crippen LogP contribution in [0.4, 0.5) is 25.8 Å². The zero-order chi connectivity index (χ0) is 15.8. The minimum Gasteiger partial charge on any atom is -0.398 e. The average Bonchev–Trinajstić information content (AvgIpc) is 2.44. The number of alkyl halides is 2. The highest BCUT2D eigenvalue weighted by atomic mass is 19.3. The quantitative estimate of drug-likeness (QED) is 0.599. The van der Waals surface area contributed by atoms with Gasteiger partial charge in [0.25, 0.3) is 6.43 Å². The highest BCUT2D eigenvalue weighted by Crippen LogP contribution is 2.25. The highest BCUT2D eigenvalue weighted by Gasteiger charge is 2.07. The van der Waals surface area contributed by atoms with Gasteiger partial charge in [0, 0.05) is 22.6 Å². The van der Waals surface area contributed by atoms with Crippen LogP contribution in [0.5, 0.6) is 0 Å². The zero-order valence-electron chi connectivity index (χ0n) is 11.5. The molecule has 2 aromatic carbocycles. The summed E-state index contributed by atoms with van der Waals surface area (Å²) in [7, 11) is 0. The van der Waals surface area contributed by atoms with Crippen molar-refractivity contribution in [1.29, 1.82) is 0 Å². The first kappa shape index (κ1) is 16.4. The molecule has 0 aliphatic carbocycles. The molecule has 2 aromatic rings. The Morgan fingerprint density at radius 2 is 1.76 bits per heavy atom. The van der Waals surface area contributed by atoms with Crippen LogP contribution in [0.2, 0.25) is 0 Å². The van der Waals surface area contributed by atoms with Crippen molar-refractivity contribution in [3.05, 3.63) is 53.6 Å². The summed E-state index contributed by atoms with van der Waals surface area (Å²) in [6.07, 6.45) is -2.21. The predicted octanol–water partition coefficient (Wildman–Crippen LogP) is 3.36. The first-order valence-electron chi connectivity index (χ1n) is 6.14. The topological polar surface area (TPSA) is 81.1 Å². The second-order valence-electron chi connectivity index (χ2n) is 4.26. The molecular formula is C15H17F2N3O. The maximum Gasteiger partial charge on any atom is 0.263 e. The lowest BCUT2D eigenvalue weighted by Crippen LogP contribution is -1.95. The van der Waals surface area contributed by atoms with Crippen molar-refractivity contribution >= 4 is 23.5 Å². The number of carbonyl (C=O) groups excluding carboxylic acids is 1. The molecule has 2 rings (SSSR count). The first-order valence-corrected chi connectivity index (χ1v) is 6.14. The van der Waals surface area contributed by atoms with E-state index in [-0.39, 0.29) is 12.0 Å². The van der Waals surface area contributed by atoms with Crippen molar-refractivity contribution in [3.63, 3.8) is 0 Å². The van der Waals surface area contributed by atoms with Crippen LogP contribution in [0.25, 0.3) is 0 Å². The number of primary amides is 1. The van der Waals surface area contributed by atoms with Crippen LogP contribution in [0.3, 0.4) is 0 Å². The summed E-state index contributed by atoms with van der Waals surface area (Å²) in [6.45, 7) is 1.91. The van der Waals surface area contributed by atoms with Crippen LogP contribution >= 0.6 is 0 Å². The Bertz CT molecular complexity index is 603. The Balaban J connectivity index is 0.000000677. The van der Waals surface area contributed by atoms with Gasteiger partial charge in [0.2, 0.25) is 6.41 Å². The molecule has 0 unspecified atom stereocenters. The Hall–Kier alpha value is -2.63. The van der Waals surface area contributed by atoms with E-state index in [0.29, 0.717) is 11.4 Å². The predicted molar refractivity (Wildman–Crippen MR) is 80.5 cm³/mol. The number of hydrogen-bond donors (Lipinski definition) is 3. The van der Waals surface area contributed by atoms with Crippen LogP contribution in [-0.2, 0) is 4.79 Å². The van der Waals surface area contributed by atoms with E-state index in [2.05, 4.69) is 11.1 Å². The van der Waals surface area contributed by atoms with Crippen LogP contribution in [0.15, 0.2) is 42.5 Å². The fourth-order valence-corrected chi connectivity index (χ4v) is 1.64. The van der Waals surface area contributed by atoms with Crippen LogP contribution < -0.4 is 16.8 Å². The van der Waals surface area contributed by atoms with Crippen molar-refractivity contribution in [2.24, 2.45) is 5.73 Å². The van der Waals surface area contributed by atoms with Crippen molar-refractivity contribution in [2.75, 3.05) is 11.1 Å². The van der Waals surface area contributed by atoms with E-state index in [1.165, 1.54) is 12.1 Å². The Labute approximate surface area is 121 Å². The normalized spacial score (nSPS) is 9.71. The summed E-state index contributed by atoms with van der Waals surface area (Å²) in [5.74, 6) is 0. The van der Waals surface area contributed by atoms with E-state index in [9.17, 15) is 8.78 Å². The molecule has 0 saturated carbocycles. The number of hydrogen-bond acceptors (Lipinski definition) is 3. The molecule has 4 nitrogen and oxygen atoms in total. The molecule has 0 heterocycles. The van der Waals surface area contributed by atoms with E-state index < -0.39 is 6.43 Å². The fraction of sp³-hybridized carbons (Fsp3) is 0.133. The maximum absolute atomic E-state index is 12.6. The van der Waals surface area contributed by atoms with Gasteiger partial charge >= 0.3 is 0 Å². The second-order valence-corrected chi connectivity index (χ2v) is 4.26.